The Morgan fingerprint density at radius 3 is 2.33 bits per heavy atom. The van der Waals surface area contributed by atoms with Crippen molar-refractivity contribution < 1.29 is 17.9 Å². The molecule has 1 aromatic carbocycles. The summed E-state index contributed by atoms with van der Waals surface area (Å²) >= 11 is 0. The van der Waals surface area contributed by atoms with Gasteiger partial charge in [-0.1, -0.05) is 32.0 Å². The second-order valence-corrected chi connectivity index (χ2v) is 4.78. The lowest BCUT2D eigenvalue weighted by Gasteiger charge is -2.27. The number of para-hydroxylation sites is 1. The van der Waals surface area contributed by atoms with Gasteiger partial charge in [-0.05, 0) is 31.5 Å². The van der Waals surface area contributed by atoms with Crippen molar-refractivity contribution in [2.75, 3.05) is 13.6 Å². The van der Waals surface area contributed by atoms with Gasteiger partial charge in [0.15, 0.2) is 0 Å². The van der Waals surface area contributed by atoms with E-state index < -0.39 is 6.36 Å². The highest BCUT2D eigenvalue weighted by Crippen LogP contribution is 2.36. The summed E-state index contributed by atoms with van der Waals surface area (Å²) in [4.78, 5) is 0. The van der Waals surface area contributed by atoms with E-state index >= 15 is 0 Å². The minimum atomic E-state index is -4.66. The topological polar surface area (TPSA) is 21.3 Å². The molecular formula is C13H18F3NO. The van der Waals surface area contributed by atoms with Crippen LogP contribution >= 0.6 is 0 Å². The lowest BCUT2D eigenvalue weighted by atomic mass is 9.81. The SMILES string of the molecule is CNCCC(C)(C)c1ccccc1OC(F)(F)F. The normalized spacial score (nSPS) is 12.6. The van der Waals surface area contributed by atoms with Crippen LogP contribution in [0.15, 0.2) is 24.3 Å². The molecule has 0 aliphatic heterocycles. The molecule has 1 rings (SSSR count). The quantitative estimate of drug-likeness (QED) is 0.876. The predicted molar refractivity (Wildman–Crippen MR) is 64.7 cm³/mol. The maximum Gasteiger partial charge on any atom is 0.573 e. The fourth-order valence-corrected chi connectivity index (χ4v) is 1.81. The van der Waals surface area contributed by atoms with Crippen LogP contribution in [0.3, 0.4) is 0 Å². The average Bonchev–Trinajstić information content (AvgIpc) is 2.25. The van der Waals surface area contributed by atoms with Crippen LogP contribution in [0.2, 0.25) is 0 Å². The zero-order chi connectivity index (χ0) is 13.8. The second kappa shape index (κ2) is 5.61. The molecule has 0 aliphatic carbocycles. The van der Waals surface area contributed by atoms with Gasteiger partial charge in [0, 0.05) is 5.56 Å². The van der Waals surface area contributed by atoms with E-state index in [1.54, 1.807) is 18.2 Å². The monoisotopic (exact) mass is 261 g/mol. The second-order valence-electron chi connectivity index (χ2n) is 4.78. The summed E-state index contributed by atoms with van der Waals surface area (Å²) in [6.07, 6.45) is -3.93. The van der Waals surface area contributed by atoms with Gasteiger partial charge >= 0.3 is 6.36 Å². The lowest BCUT2D eigenvalue weighted by molar-refractivity contribution is -0.275. The van der Waals surface area contributed by atoms with Gasteiger partial charge in [-0.15, -0.1) is 13.2 Å². The Labute approximate surface area is 105 Å². The van der Waals surface area contributed by atoms with Gasteiger partial charge in [0.1, 0.15) is 5.75 Å². The molecule has 0 saturated carbocycles. The first kappa shape index (κ1) is 14.8. The third kappa shape index (κ3) is 4.22. The Hall–Kier alpha value is -1.23. The molecule has 0 aliphatic rings. The molecule has 0 bridgehead atoms. The van der Waals surface area contributed by atoms with Crippen LogP contribution in [0, 0.1) is 0 Å². The highest BCUT2D eigenvalue weighted by atomic mass is 19.4. The van der Waals surface area contributed by atoms with E-state index in [1.165, 1.54) is 6.07 Å². The van der Waals surface area contributed by atoms with E-state index in [2.05, 4.69) is 10.1 Å². The average molecular weight is 261 g/mol. The van der Waals surface area contributed by atoms with Gasteiger partial charge in [-0.3, -0.25) is 0 Å². The standard InChI is InChI=1S/C13H18F3NO/c1-12(2,8-9-17-3)10-6-4-5-7-11(10)18-13(14,15)16/h4-7,17H,8-9H2,1-3H3. The van der Waals surface area contributed by atoms with E-state index in [0.29, 0.717) is 5.56 Å². The van der Waals surface area contributed by atoms with Gasteiger partial charge in [0.05, 0.1) is 0 Å². The Bertz CT molecular complexity index is 388. The molecular weight excluding hydrogens is 243 g/mol. The van der Waals surface area contributed by atoms with Crippen LogP contribution in [-0.2, 0) is 5.41 Å². The van der Waals surface area contributed by atoms with Crippen molar-refractivity contribution in [3.63, 3.8) is 0 Å². The van der Waals surface area contributed by atoms with Crippen LogP contribution in [0.4, 0.5) is 13.2 Å². The van der Waals surface area contributed by atoms with Gasteiger partial charge in [-0.2, -0.15) is 0 Å². The molecule has 2 nitrogen and oxygen atoms in total. The molecule has 0 fully saturated rings. The number of ether oxygens (including phenoxy) is 1. The molecule has 0 atom stereocenters. The number of nitrogens with one attached hydrogen (secondary N) is 1. The maximum atomic E-state index is 12.3. The largest absolute Gasteiger partial charge is 0.573 e. The summed E-state index contributed by atoms with van der Waals surface area (Å²) in [5.74, 6) is -0.119. The summed E-state index contributed by atoms with van der Waals surface area (Å²) in [7, 11) is 1.81. The fraction of sp³-hybridized carbons (Fsp3) is 0.538. The molecule has 102 valence electrons. The summed E-state index contributed by atoms with van der Waals surface area (Å²) in [6.45, 7) is 4.54. The predicted octanol–water partition coefficient (Wildman–Crippen LogP) is 3.47. The number of alkyl halides is 3. The van der Waals surface area contributed by atoms with E-state index in [4.69, 9.17) is 0 Å². The number of halogens is 3. The molecule has 0 spiro atoms. The van der Waals surface area contributed by atoms with Crippen LogP contribution in [0.25, 0.3) is 0 Å². The maximum absolute atomic E-state index is 12.3. The summed E-state index contributed by atoms with van der Waals surface area (Å²) < 4.78 is 41.1. The first-order valence-electron chi connectivity index (χ1n) is 5.76. The van der Waals surface area contributed by atoms with Crippen LogP contribution in [0.1, 0.15) is 25.8 Å². The fourth-order valence-electron chi connectivity index (χ4n) is 1.81. The van der Waals surface area contributed by atoms with Crippen LogP contribution < -0.4 is 10.1 Å². The number of hydrogen-bond donors (Lipinski definition) is 1. The summed E-state index contributed by atoms with van der Waals surface area (Å²) in [5.41, 5.74) is 0.183. The summed E-state index contributed by atoms with van der Waals surface area (Å²) in [6, 6.07) is 6.29. The minimum absolute atomic E-state index is 0.119. The number of benzene rings is 1. The molecule has 0 radical (unpaired) electrons. The van der Waals surface area contributed by atoms with Crippen molar-refractivity contribution in [2.24, 2.45) is 0 Å². The lowest BCUT2D eigenvalue weighted by Crippen LogP contribution is -2.26. The Balaban J connectivity index is 3.00. The Morgan fingerprint density at radius 2 is 1.78 bits per heavy atom. The van der Waals surface area contributed by atoms with Crippen molar-refractivity contribution in [3.8, 4) is 5.75 Å². The van der Waals surface area contributed by atoms with Crippen molar-refractivity contribution >= 4 is 0 Å². The zero-order valence-corrected chi connectivity index (χ0v) is 10.8. The third-order valence-electron chi connectivity index (χ3n) is 2.84. The molecule has 0 heterocycles. The Kier molecular flexibility index (Phi) is 4.62. The highest BCUT2D eigenvalue weighted by Gasteiger charge is 2.34. The first-order valence-corrected chi connectivity index (χ1v) is 5.76. The van der Waals surface area contributed by atoms with Crippen molar-refractivity contribution in [1.82, 2.24) is 5.32 Å². The number of hydrogen-bond acceptors (Lipinski definition) is 2. The first-order chi connectivity index (χ1) is 8.26. The van der Waals surface area contributed by atoms with Crippen molar-refractivity contribution in [2.45, 2.75) is 32.0 Å². The van der Waals surface area contributed by atoms with Gasteiger partial charge in [0.2, 0.25) is 0 Å². The van der Waals surface area contributed by atoms with E-state index in [9.17, 15) is 13.2 Å². The van der Waals surface area contributed by atoms with Crippen LogP contribution in [-0.4, -0.2) is 20.0 Å². The van der Waals surface area contributed by atoms with Crippen molar-refractivity contribution in [1.29, 1.82) is 0 Å². The van der Waals surface area contributed by atoms with Crippen molar-refractivity contribution in [3.05, 3.63) is 29.8 Å². The molecule has 0 saturated heterocycles. The number of rotatable bonds is 5. The molecule has 0 aromatic heterocycles. The molecule has 5 heteroatoms. The van der Waals surface area contributed by atoms with E-state index in [-0.39, 0.29) is 11.2 Å². The molecule has 18 heavy (non-hydrogen) atoms. The molecule has 0 amide bonds. The minimum Gasteiger partial charge on any atom is -0.405 e. The highest BCUT2D eigenvalue weighted by molar-refractivity contribution is 5.39. The van der Waals surface area contributed by atoms with Crippen LogP contribution in [0.5, 0.6) is 5.75 Å². The Morgan fingerprint density at radius 1 is 1.17 bits per heavy atom. The molecule has 1 aromatic rings. The van der Waals surface area contributed by atoms with Gasteiger partial charge in [-0.25, -0.2) is 0 Å². The van der Waals surface area contributed by atoms with E-state index in [0.717, 1.165) is 13.0 Å². The smallest absolute Gasteiger partial charge is 0.405 e. The third-order valence-corrected chi connectivity index (χ3v) is 2.84. The van der Waals surface area contributed by atoms with E-state index in [1.807, 2.05) is 20.9 Å². The van der Waals surface area contributed by atoms with Gasteiger partial charge < -0.3 is 10.1 Å². The van der Waals surface area contributed by atoms with Gasteiger partial charge in [0.25, 0.3) is 0 Å². The molecule has 0 unspecified atom stereocenters. The molecule has 1 N–H and O–H groups in total. The summed E-state index contributed by atoms with van der Waals surface area (Å²) in [5, 5.41) is 3.00. The zero-order valence-electron chi connectivity index (χ0n) is 10.8.